The van der Waals surface area contributed by atoms with E-state index in [-0.39, 0.29) is 36.6 Å². The minimum Gasteiger partial charge on any atom is -0.491 e. The first-order chi connectivity index (χ1) is 31.5. The van der Waals surface area contributed by atoms with Crippen molar-refractivity contribution in [1.29, 1.82) is 0 Å². The molecule has 3 aromatic heterocycles. The van der Waals surface area contributed by atoms with Gasteiger partial charge in [0, 0.05) is 50.8 Å². The number of aromatic nitrogens is 5. The van der Waals surface area contributed by atoms with Gasteiger partial charge in [-0.15, -0.1) is 21.5 Å². The average Bonchev–Trinajstić information content (AvgIpc) is 3.77. The molecule has 6 aromatic rings. The summed E-state index contributed by atoms with van der Waals surface area (Å²) in [5.74, 6) is 0.905. The maximum absolute atomic E-state index is 13.5. The predicted molar refractivity (Wildman–Crippen MR) is 247 cm³/mol. The van der Waals surface area contributed by atoms with Crippen LogP contribution in [-0.4, -0.2) is 101 Å². The quantitative estimate of drug-likeness (QED) is 0.0628. The van der Waals surface area contributed by atoms with E-state index in [4.69, 9.17) is 35.5 Å². The molecular weight excluding hydrogens is 874 g/mol. The Labute approximate surface area is 383 Å². The van der Waals surface area contributed by atoms with Crippen molar-refractivity contribution >= 4 is 68.5 Å². The Kier molecular flexibility index (Phi) is 14.4. The first kappa shape index (κ1) is 45.3. The summed E-state index contributed by atoms with van der Waals surface area (Å²) in [5, 5.41) is 24.3. The minimum atomic E-state index is -0.808. The molecule has 1 saturated heterocycles. The number of carbonyl (C=O) groups is 3. The number of aryl methyl sites for hydroxylation is 2. The van der Waals surface area contributed by atoms with Crippen LogP contribution < -0.4 is 26.2 Å². The highest BCUT2D eigenvalue weighted by atomic mass is 35.5. The van der Waals surface area contributed by atoms with Gasteiger partial charge in [-0.05, 0) is 87.4 Å². The first-order valence-electron chi connectivity index (χ1n) is 21.3. The zero-order chi connectivity index (χ0) is 45.5. The van der Waals surface area contributed by atoms with E-state index in [1.807, 2.05) is 41.8 Å². The summed E-state index contributed by atoms with van der Waals surface area (Å²) in [4.78, 5) is 56.6. The van der Waals surface area contributed by atoms with Crippen molar-refractivity contribution in [3.63, 3.8) is 0 Å². The number of thiophene rings is 1. The molecule has 338 valence electrons. The highest BCUT2D eigenvalue weighted by Crippen LogP contribution is 2.40. The van der Waals surface area contributed by atoms with Gasteiger partial charge in [0.05, 0.1) is 63.4 Å². The lowest BCUT2D eigenvalue weighted by atomic mass is 9.99. The Morgan fingerprint density at radius 2 is 1.58 bits per heavy atom. The number of nitrogens with one attached hydrogen (secondary N) is 3. The lowest BCUT2D eigenvalue weighted by molar-refractivity contribution is -0.136. The van der Waals surface area contributed by atoms with E-state index in [2.05, 4.69) is 45.1 Å². The van der Waals surface area contributed by atoms with E-state index in [0.29, 0.717) is 85.8 Å². The third kappa shape index (κ3) is 10.6. The maximum atomic E-state index is 13.5. The molecule has 0 radical (unpaired) electrons. The molecule has 3 N–H and O–H groups in total. The molecule has 1 unspecified atom stereocenters. The van der Waals surface area contributed by atoms with Gasteiger partial charge in [0.2, 0.25) is 11.8 Å². The van der Waals surface area contributed by atoms with E-state index in [1.54, 1.807) is 53.9 Å². The Bertz CT molecular complexity index is 2790. The summed E-state index contributed by atoms with van der Waals surface area (Å²) < 4.78 is 25.9. The number of rotatable bonds is 19. The summed E-state index contributed by atoms with van der Waals surface area (Å²) in [5.41, 5.74) is 4.87. The molecule has 0 aliphatic carbocycles. The van der Waals surface area contributed by atoms with Crippen LogP contribution in [0.4, 0.5) is 11.4 Å². The SMILES string of the molecule is Cc1sc2c(c1C)C(c1ccc(Cl)cc1)=N[C@@H](CC(=O)Nc1ccc(OCCOCCOCCOCCNc3ccc4c(=O)n(C5CCC(=O)NC5=O)ncc4c3)cc1)c1nnc(C)n1-2. The second-order valence-electron chi connectivity index (χ2n) is 15.5. The molecule has 17 nitrogen and oxygen atoms in total. The summed E-state index contributed by atoms with van der Waals surface area (Å²) in [6.07, 6.45) is 2.00. The van der Waals surface area contributed by atoms with Gasteiger partial charge in [-0.3, -0.25) is 34.1 Å². The summed E-state index contributed by atoms with van der Waals surface area (Å²) >= 11 is 7.90. The van der Waals surface area contributed by atoms with Gasteiger partial charge < -0.3 is 29.6 Å². The van der Waals surface area contributed by atoms with Gasteiger partial charge >= 0.3 is 0 Å². The van der Waals surface area contributed by atoms with Crippen LogP contribution in [0.15, 0.2) is 82.7 Å². The molecule has 2 atom stereocenters. The summed E-state index contributed by atoms with van der Waals surface area (Å²) in [7, 11) is 0. The third-order valence-corrected chi connectivity index (χ3v) is 12.5. The second-order valence-corrected chi connectivity index (χ2v) is 17.1. The van der Waals surface area contributed by atoms with Crippen molar-refractivity contribution in [2.45, 2.75) is 52.1 Å². The molecule has 0 spiro atoms. The van der Waals surface area contributed by atoms with Gasteiger partial charge in [-0.25, -0.2) is 4.68 Å². The number of amides is 3. The smallest absolute Gasteiger partial charge is 0.275 e. The molecule has 2 aliphatic rings. The van der Waals surface area contributed by atoms with E-state index in [0.717, 1.165) is 43.6 Å². The zero-order valence-corrected chi connectivity index (χ0v) is 37.7. The predicted octanol–water partition coefficient (Wildman–Crippen LogP) is 6.06. The highest BCUT2D eigenvalue weighted by molar-refractivity contribution is 7.15. The van der Waals surface area contributed by atoms with E-state index >= 15 is 0 Å². The van der Waals surface area contributed by atoms with Crippen LogP contribution in [0.3, 0.4) is 0 Å². The van der Waals surface area contributed by atoms with Crippen LogP contribution in [0, 0.1) is 20.8 Å². The van der Waals surface area contributed by atoms with Crippen molar-refractivity contribution in [1.82, 2.24) is 29.9 Å². The molecule has 0 bridgehead atoms. The molecule has 2 aliphatic heterocycles. The number of nitrogens with zero attached hydrogens (tertiary/aromatic N) is 6. The van der Waals surface area contributed by atoms with Crippen molar-refractivity contribution in [3.8, 4) is 10.8 Å². The number of benzene rings is 3. The van der Waals surface area contributed by atoms with E-state index < -0.39 is 18.0 Å². The molecule has 0 saturated carbocycles. The number of hydrogen-bond donors (Lipinski definition) is 3. The fraction of sp³-hybridized carbons (Fsp3) is 0.348. The Morgan fingerprint density at radius 1 is 0.877 bits per heavy atom. The fourth-order valence-electron chi connectivity index (χ4n) is 7.59. The van der Waals surface area contributed by atoms with Crippen LogP contribution in [-0.2, 0) is 28.6 Å². The molecule has 8 rings (SSSR count). The van der Waals surface area contributed by atoms with Crippen LogP contribution in [0.5, 0.6) is 5.75 Å². The topological polar surface area (TPSA) is 202 Å². The number of piperidine rings is 1. The number of imide groups is 1. The number of hydrogen-bond acceptors (Lipinski definition) is 14. The van der Waals surface area contributed by atoms with Gasteiger partial charge in [-0.1, -0.05) is 23.7 Å². The second kappa shape index (κ2) is 20.7. The summed E-state index contributed by atoms with van der Waals surface area (Å²) in [6.45, 7) is 9.44. The standard InChI is InChI=1S/C46H48ClN9O8S/c1-27-28(2)65-46-41(27)42(30-4-6-32(47)7-5-30)51-37(43-54-53-29(3)55(43)46)25-40(58)50-33-8-11-35(12-9-33)64-23-22-63-21-20-62-19-18-61-17-16-48-34-10-13-36-31(24-34)26-49-56(45(36)60)38-14-15-39(57)52-44(38)59/h4-13,24,26,37-38,48H,14-23,25H2,1-3H3,(H,50,58)(H,52,57,59)/t37-,38?/m0/s1. The van der Waals surface area contributed by atoms with Crippen LogP contribution in [0.1, 0.15) is 64.6 Å². The Morgan fingerprint density at radius 3 is 2.32 bits per heavy atom. The monoisotopic (exact) mass is 921 g/mol. The normalized spacial score (nSPS) is 15.8. The van der Waals surface area contributed by atoms with Crippen LogP contribution in [0.25, 0.3) is 15.8 Å². The number of carbonyl (C=O) groups excluding carboxylic acids is 3. The van der Waals surface area contributed by atoms with Gasteiger partial charge in [0.15, 0.2) is 5.82 Å². The number of fused-ring (bicyclic) bond motifs is 4. The van der Waals surface area contributed by atoms with Gasteiger partial charge in [-0.2, -0.15) is 5.10 Å². The van der Waals surface area contributed by atoms with Crippen molar-refractivity contribution in [3.05, 3.63) is 122 Å². The average molecular weight is 922 g/mol. The molecule has 65 heavy (non-hydrogen) atoms. The molecule has 3 amide bonds. The largest absolute Gasteiger partial charge is 0.491 e. The number of aliphatic imine (C=N–C) groups is 1. The lowest BCUT2D eigenvalue weighted by Crippen LogP contribution is -2.45. The molecule has 19 heteroatoms. The third-order valence-electron chi connectivity index (χ3n) is 11.0. The maximum Gasteiger partial charge on any atom is 0.275 e. The number of ether oxygens (including phenoxy) is 4. The minimum absolute atomic E-state index is 0.0593. The van der Waals surface area contributed by atoms with Crippen molar-refractivity contribution in [2.24, 2.45) is 4.99 Å². The van der Waals surface area contributed by atoms with E-state index in [9.17, 15) is 19.2 Å². The molecule has 3 aromatic carbocycles. The number of halogens is 1. The van der Waals surface area contributed by atoms with Gasteiger partial charge in [0.25, 0.3) is 11.5 Å². The molecular formula is C46H48ClN9O8S. The Balaban J connectivity index is 0.708. The molecule has 1 fully saturated rings. The first-order valence-corrected chi connectivity index (χ1v) is 22.4. The highest BCUT2D eigenvalue weighted by Gasteiger charge is 2.33. The van der Waals surface area contributed by atoms with Crippen LogP contribution >= 0.6 is 22.9 Å². The van der Waals surface area contributed by atoms with Crippen LogP contribution in [0.2, 0.25) is 5.02 Å². The lowest BCUT2D eigenvalue weighted by Gasteiger charge is -2.21. The Hall–Kier alpha value is -6.31. The van der Waals surface area contributed by atoms with Crippen molar-refractivity contribution in [2.75, 3.05) is 63.4 Å². The molecule has 5 heterocycles. The zero-order valence-electron chi connectivity index (χ0n) is 36.1. The van der Waals surface area contributed by atoms with Crippen molar-refractivity contribution < 1.29 is 33.3 Å². The van der Waals surface area contributed by atoms with Gasteiger partial charge in [0.1, 0.15) is 35.3 Å². The van der Waals surface area contributed by atoms with E-state index in [1.165, 1.54) is 4.88 Å². The number of anilines is 2. The fourth-order valence-corrected chi connectivity index (χ4v) is 8.93. The summed E-state index contributed by atoms with van der Waals surface area (Å²) in [6, 6.07) is 18.7.